The van der Waals surface area contributed by atoms with Gasteiger partial charge in [-0.25, -0.2) is 8.78 Å². The molecule has 0 radical (unpaired) electrons. The Hall–Kier alpha value is -3.09. The zero-order valence-electron chi connectivity index (χ0n) is 13.4. The zero-order valence-corrected chi connectivity index (χ0v) is 13.4. The Morgan fingerprint density at radius 3 is 2.76 bits per heavy atom. The van der Waals surface area contributed by atoms with Crippen LogP contribution in [0.3, 0.4) is 0 Å². The summed E-state index contributed by atoms with van der Waals surface area (Å²) in [6, 6.07) is 10.6. The lowest BCUT2D eigenvalue weighted by Gasteiger charge is -2.05. The number of carbonyl (C=O) groups excluding carboxylic acids is 1. The van der Waals surface area contributed by atoms with Crippen molar-refractivity contribution in [1.82, 2.24) is 10.1 Å². The quantitative estimate of drug-likeness (QED) is 0.763. The molecule has 0 aliphatic rings. The first-order valence-corrected chi connectivity index (χ1v) is 7.66. The number of aryl methyl sites for hydroxylation is 2. The van der Waals surface area contributed by atoms with Gasteiger partial charge in [-0.3, -0.25) is 4.79 Å². The van der Waals surface area contributed by atoms with E-state index in [9.17, 15) is 13.6 Å². The van der Waals surface area contributed by atoms with E-state index >= 15 is 0 Å². The van der Waals surface area contributed by atoms with Crippen LogP contribution in [0.5, 0.6) is 0 Å². The number of hydrogen-bond acceptors (Lipinski definition) is 4. The summed E-state index contributed by atoms with van der Waals surface area (Å²) in [5.41, 5.74) is 1.80. The number of carbonyl (C=O) groups is 1. The molecular weight excluding hydrogens is 328 g/mol. The Balaban J connectivity index is 1.60. The summed E-state index contributed by atoms with van der Waals surface area (Å²) >= 11 is 0. The van der Waals surface area contributed by atoms with Crippen LogP contribution in [-0.2, 0) is 11.2 Å². The lowest BCUT2D eigenvalue weighted by Crippen LogP contribution is -2.13. The molecule has 1 heterocycles. The molecule has 0 unspecified atom stereocenters. The third-order valence-electron chi connectivity index (χ3n) is 3.63. The largest absolute Gasteiger partial charge is 0.339 e. The number of halogens is 2. The highest BCUT2D eigenvalue weighted by atomic mass is 19.1. The number of hydrogen-bond donors (Lipinski definition) is 1. The number of rotatable bonds is 5. The van der Waals surface area contributed by atoms with Gasteiger partial charge in [-0.1, -0.05) is 29.4 Å². The van der Waals surface area contributed by atoms with Crippen LogP contribution in [0.1, 0.15) is 17.9 Å². The lowest BCUT2D eigenvalue weighted by molar-refractivity contribution is -0.116. The van der Waals surface area contributed by atoms with E-state index < -0.39 is 17.5 Å². The van der Waals surface area contributed by atoms with Gasteiger partial charge in [0.2, 0.25) is 17.6 Å². The van der Waals surface area contributed by atoms with E-state index in [2.05, 4.69) is 15.5 Å². The number of amides is 1. The van der Waals surface area contributed by atoms with E-state index in [4.69, 9.17) is 4.52 Å². The first-order valence-electron chi connectivity index (χ1n) is 7.66. The lowest BCUT2D eigenvalue weighted by atomic mass is 10.1. The predicted molar refractivity (Wildman–Crippen MR) is 87.8 cm³/mol. The van der Waals surface area contributed by atoms with E-state index in [-0.39, 0.29) is 18.5 Å². The average Bonchev–Trinajstić information content (AvgIpc) is 3.05. The molecule has 0 aliphatic heterocycles. The van der Waals surface area contributed by atoms with E-state index in [0.717, 1.165) is 17.2 Å². The molecule has 1 amide bonds. The van der Waals surface area contributed by atoms with Crippen LogP contribution in [-0.4, -0.2) is 16.0 Å². The fraction of sp³-hybridized carbons (Fsp3) is 0.167. The molecule has 0 saturated heterocycles. The Bertz CT molecular complexity index is 909. The van der Waals surface area contributed by atoms with E-state index in [1.807, 2.05) is 31.2 Å². The highest BCUT2D eigenvalue weighted by Crippen LogP contribution is 2.20. The van der Waals surface area contributed by atoms with Crippen LogP contribution in [0.15, 0.2) is 47.0 Å². The van der Waals surface area contributed by atoms with Crippen molar-refractivity contribution in [1.29, 1.82) is 0 Å². The summed E-state index contributed by atoms with van der Waals surface area (Å²) < 4.78 is 31.5. The van der Waals surface area contributed by atoms with Crippen molar-refractivity contribution in [2.24, 2.45) is 0 Å². The molecular formula is C18H15F2N3O2. The molecule has 0 bridgehead atoms. The molecule has 0 spiro atoms. The number of benzene rings is 2. The molecule has 0 saturated carbocycles. The van der Waals surface area contributed by atoms with Crippen LogP contribution < -0.4 is 5.32 Å². The molecule has 1 N–H and O–H groups in total. The van der Waals surface area contributed by atoms with Gasteiger partial charge in [0, 0.05) is 24.5 Å². The summed E-state index contributed by atoms with van der Waals surface area (Å²) in [6.45, 7) is 1.94. The summed E-state index contributed by atoms with van der Waals surface area (Å²) in [5.74, 6) is -1.19. The van der Waals surface area contributed by atoms with E-state index in [1.54, 1.807) is 0 Å². The Labute approximate surface area is 142 Å². The van der Waals surface area contributed by atoms with Crippen LogP contribution in [0.25, 0.3) is 11.4 Å². The Morgan fingerprint density at radius 1 is 1.20 bits per heavy atom. The van der Waals surface area contributed by atoms with Gasteiger partial charge in [0.1, 0.15) is 11.6 Å². The second-order valence-electron chi connectivity index (χ2n) is 5.50. The van der Waals surface area contributed by atoms with Crippen molar-refractivity contribution >= 4 is 11.6 Å². The smallest absolute Gasteiger partial charge is 0.227 e. The highest BCUT2D eigenvalue weighted by Gasteiger charge is 2.13. The first kappa shape index (κ1) is 16.8. The molecule has 25 heavy (non-hydrogen) atoms. The molecule has 128 valence electrons. The van der Waals surface area contributed by atoms with E-state index in [1.165, 1.54) is 6.07 Å². The third kappa shape index (κ3) is 4.06. The van der Waals surface area contributed by atoms with Crippen molar-refractivity contribution in [3.63, 3.8) is 0 Å². The predicted octanol–water partition coefficient (Wildman–Crippen LogP) is 3.89. The minimum atomic E-state index is -0.826. The van der Waals surface area contributed by atoms with Crippen molar-refractivity contribution in [2.75, 3.05) is 5.32 Å². The van der Waals surface area contributed by atoms with Gasteiger partial charge in [-0.2, -0.15) is 4.98 Å². The fourth-order valence-corrected chi connectivity index (χ4v) is 2.31. The minimum absolute atomic E-state index is 0.0339. The summed E-state index contributed by atoms with van der Waals surface area (Å²) in [5, 5.41) is 6.30. The van der Waals surface area contributed by atoms with Crippen LogP contribution in [0, 0.1) is 18.6 Å². The zero-order chi connectivity index (χ0) is 17.8. The first-order chi connectivity index (χ1) is 12.0. The van der Waals surface area contributed by atoms with E-state index in [0.29, 0.717) is 17.8 Å². The topological polar surface area (TPSA) is 68.0 Å². The Morgan fingerprint density at radius 2 is 2.00 bits per heavy atom. The standard InChI is InChI=1S/C18H15F2N3O2/c1-11-4-2-3-5-13(11)18-22-17(25-23-18)9-8-16(24)21-15-7-6-12(19)10-14(15)20/h2-7,10H,8-9H2,1H3,(H,21,24). The minimum Gasteiger partial charge on any atom is -0.339 e. The van der Waals surface area contributed by atoms with Gasteiger partial charge < -0.3 is 9.84 Å². The van der Waals surface area contributed by atoms with Crippen molar-refractivity contribution < 1.29 is 18.1 Å². The van der Waals surface area contributed by atoms with Gasteiger partial charge in [-0.15, -0.1) is 0 Å². The van der Waals surface area contributed by atoms with Gasteiger partial charge >= 0.3 is 0 Å². The normalized spacial score (nSPS) is 10.7. The van der Waals surface area contributed by atoms with Gasteiger partial charge in [-0.05, 0) is 24.6 Å². The molecule has 5 nitrogen and oxygen atoms in total. The maximum absolute atomic E-state index is 13.5. The van der Waals surface area contributed by atoms with Gasteiger partial charge in [0.25, 0.3) is 0 Å². The summed E-state index contributed by atoms with van der Waals surface area (Å²) in [4.78, 5) is 16.2. The molecule has 2 aromatic carbocycles. The van der Waals surface area contributed by atoms with Crippen molar-refractivity contribution in [3.8, 4) is 11.4 Å². The number of nitrogens with one attached hydrogen (secondary N) is 1. The molecule has 7 heteroatoms. The van der Waals surface area contributed by atoms with Gasteiger partial charge in [0.05, 0.1) is 5.69 Å². The molecule has 1 aromatic heterocycles. The number of aromatic nitrogens is 2. The monoisotopic (exact) mass is 343 g/mol. The summed E-state index contributed by atoms with van der Waals surface area (Å²) in [6.07, 6.45) is 0.250. The number of anilines is 1. The SMILES string of the molecule is Cc1ccccc1-c1noc(CCC(=O)Nc2ccc(F)cc2F)n1. The highest BCUT2D eigenvalue weighted by molar-refractivity contribution is 5.90. The van der Waals surface area contributed by atoms with Crippen molar-refractivity contribution in [3.05, 3.63) is 65.6 Å². The fourth-order valence-electron chi connectivity index (χ4n) is 2.31. The summed E-state index contributed by atoms with van der Waals surface area (Å²) in [7, 11) is 0. The Kier molecular flexibility index (Phi) is 4.83. The third-order valence-corrected chi connectivity index (χ3v) is 3.63. The maximum atomic E-state index is 13.5. The molecule has 0 fully saturated rings. The van der Waals surface area contributed by atoms with Crippen LogP contribution >= 0.6 is 0 Å². The molecule has 3 aromatic rings. The van der Waals surface area contributed by atoms with Crippen molar-refractivity contribution in [2.45, 2.75) is 19.8 Å². The van der Waals surface area contributed by atoms with Gasteiger partial charge in [0.15, 0.2) is 0 Å². The molecule has 3 rings (SSSR count). The maximum Gasteiger partial charge on any atom is 0.227 e. The molecule has 0 aliphatic carbocycles. The molecule has 0 atom stereocenters. The average molecular weight is 343 g/mol. The second-order valence-corrected chi connectivity index (χ2v) is 5.50. The van der Waals surface area contributed by atoms with Crippen LogP contribution in [0.4, 0.5) is 14.5 Å². The number of nitrogens with zero attached hydrogens (tertiary/aromatic N) is 2. The second kappa shape index (κ2) is 7.21. The van der Waals surface area contributed by atoms with Crippen LogP contribution in [0.2, 0.25) is 0 Å².